The molecule has 0 unspecified atom stereocenters. The van der Waals surface area contributed by atoms with Crippen molar-refractivity contribution in [3.63, 3.8) is 0 Å². The molecule has 0 atom stereocenters. The number of nitrogens with zero attached hydrogens (tertiary/aromatic N) is 1. The number of hydrazine groups is 1. The number of H-pyrrole nitrogens is 1. The zero-order chi connectivity index (χ0) is 22.6. The number of anilines is 2. The summed E-state index contributed by atoms with van der Waals surface area (Å²) in [6, 6.07) is 4.51. The van der Waals surface area contributed by atoms with Crippen molar-refractivity contribution in [2.45, 2.75) is 12.4 Å². The van der Waals surface area contributed by atoms with E-state index in [9.17, 15) is 36.2 Å². The van der Waals surface area contributed by atoms with Crippen molar-refractivity contribution in [1.82, 2.24) is 4.98 Å². The van der Waals surface area contributed by atoms with Crippen molar-refractivity contribution in [2.24, 2.45) is 5.84 Å². The molecule has 168 valence electrons. The fraction of sp³-hybridized carbons (Fsp3) is 0.118. The van der Waals surface area contributed by atoms with E-state index in [0.29, 0.717) is 11.1 Å². The van der Waals surface area contributed by atoms with Crippen LogP contribution in [0.15, 0.2) is 39.3 Å². The Hall–Kier alpha value is -1.96. The minimum absolute atomic E-state index is 0. The van der Waals surface area contributed by atoms with Gasteiger partial charge >= 0.3 is 18.3 Å². The first-order chi connectivity index (χ1) is 13.7. The van der Waals surface area contributed by atoms with Crippen LogP contribution >= 0.6 is 44.3 Å². The Kier molecular flexibility index (Phi) is 6.96. The highest BCUT2D eigenvalue weighted by Gasteiger charge is 2.37. The number of nitrogens with one attached hydrogen (secondary N) is 1. The number of benzene rings is 2. The first-order valence-corrected chi connectivity index (χ1v) is 9.37. The molecule has 4 N–H and O–H groups in total. The molecule has 0 spiro atoms. The van der Waals surface area contributed by atoms with Gasteiger partial charge in [-0.1, -0.05) is 31.9 Å². The minimum atomic E-state index is -4.86. The number of carboxylic acids is 1. The van der Waals surface area contributed by atoms with Crippen molar-refractivity contribution in [2.75, 3.05) is 5.01 Å². The Labute approximate surface area is 192 Å². The van der Waals surface area contributed by atoms with Gasteiger partial charge in [0.1, 0.15) is 0 Å². The van der Waals surface area contributed by atoms with E-state index in [2.05, 4.69) is 36.8 Å². The van der Waals surface area contributed by atoms with Crippen LogP contribution in [0.4, 0.5) is 37.7 Å². The van der Waals surface area contributed by atoms with Crippen molar-refractivity contribution in [1.29, 1.82) is 0 Å². The number of aromatic amines is 1. The summed E-state index contributed by atoms with van der Waals surface area (Å²) in [7, 11) is 0. The van der Waals surface area contributed by atoms with Crippen molar-refractivity contribution >= 4 is 72.5 Å². The number of hydrogen-bond acceptors (Lipinski definition) is 3. The Balaban J connectivity index is 0.00000341. The fourth-order valence-corrected chi connectivity index (χ4v) is 3.96. The van der Waals surface area contributed by atoms with Gasteiger partial charge in [-0.25, -0.2) is 10.6 Å². The van der Waals surface area contributed by atoms with Crippen LogP contribution in [-0.2, 0) is 12.4 Å². The third-order valence-corrected chi connectivity index (χ3v) is 5.25. The van der Waals surface area contributed by atoms with E-state index in [1.54, 1.807) is 0 Å². The predicted molar refractivity (Wildman–Crippen MR) is 111 cm³/mol. The molecular weight excluding hydrogens is 587 g/mol. The summed E-state index contributed by atoms with van der Waals surface area (Å²) in [5, 5.41) is 9.52. The number of halogens is 9. The maximum absolute atomic E-state index is 13.6. The molecule has 1 heterocycles. The van der Waals surface area contributed by atoms with Gasteiger partial charge in [0, 0.05) is 19.8 Å². The number of alkyl halides is 6. The number of carbonyl (C=O) groups is 1. The summed E-state index contributed by atoms with van der Waals surface area (Å²) in [5.41, 5.74) is -3.76. The average molecular weight is 598 g/mol. The van der Waals surface area contributed by atoms with E-state index in [4.69, 9.17) is 5.84 Å². The molecule has 0 aliphatic carbocycles. The highest BCUT2D eigenvalue weighted by atomic mass is 79.9. The van der Waals surface area contributed by atoms with Gasteiger partial charge in [0.2, 0.25) is 0 Å². The molecule has 0 saturated heterocycles. The number of aromatic nitrogens is 1. The largest absolute Gasteiger partial charge is 0.477 e. The third-order valence-electron chi connectivity index (χ3n) is 4.13. The number of rotatable bonds is 3. The van der Waals surface area contributed by atoms with Gasteiger partial charge in [0.05, 0.1) is 22.5 Å². The zero-order valence-electron chi connectivity index (χ0n) is 14.7. The molecule has 31 heavy (non-hydrogen) atoms. The second kappa shape index (κ2) is 8.52. The number of fused-ring (bicyclic) bond motifs is 1. The first kappa shape index (κ1) is 25.3. The van der Waals surface area contributed by atoms with Gasteiger partial charge in [-0.2, -0.15) is 26.3 Å². The molecule has 5 nitrogen and oxygen atoms in total. The second-order valence-electron chi connectivity index (χ2n) is 6.06. The van der Waals surface area contributed by atoms with Crippen LogP contribution in [-0.4, -0.2) is 16.1 Å². The predicted octanol–water partition coefficient (Wildman–Crippen LogP) is 6.86. The first-order valence-electron chi connectivity index (χ1n) is 7.79. The van der Waals surface area contributed by atoms with Crippen LogP contribution in [0.25, 0.3) is 10.9 Å². The van der Waals surface area contributed by atoms with Crippen molar-refractivity contribution in [3.8, 4) is 0 Å². The zero-order valence-corrected chi connectivity index (χ0v) is 18.7. The van der Waals surface area contributed by atoms with Crippen LogP contribution < -0.4 is 10.9 Å². The van der Waals surface area contributed by atoms with Crippen LogP contribution in [0.3, 0.4) is 0 Å². The Morgan fingerprint density at radius 2 is 1.58 bits per heavy atom. The Bertz CT molecular complexity index is 1160. The molecule has 1 aromatic heterocycles. The van der Waals surface area contributed by atoms with E-state index in [0.717, 1.165) is 18.2 Å². The minimum Gasteiger partial charge on any atom is -0.477 e. The van der Waals surface area contributed by atoms with Gasteiger partial charge in [-0.3, -0.25) is 5.01 Å². The van der Waals surface area contributed by atoms with Crippen molar-refractivity contribution in [3.05, 3.63) is 56.1 Å². The summed E-state index contributed by atoms with van der Waals surface area (Å²) in [6.45, 7) is 0. The third kappa shape index (κ3) is 4.78. The standard InChI is InChI=1S/C17H9Br2F6N3O2.ClH/c18-6-3-9(17(23,24)25)12-11(4-6)27-13(15(29)30)14(12)28(26)7-1-2-8(10(19)5-7)16(20,21)22;/h1-5,27H,26H2,(H,29,30);1H. The van der Waals surface area contributed by atoms with Gasteiger partial charge in [-0.15, -0.1) is 12.4 Å². The molecule has 0 aliphatic heterocycles. The molecule has 14 heteroatoms. The molecule has 3 aromatic rings. The molecule has 0 radical (unpaired) electrons. The molecule has 0 fully saturated rings. The lowest BCUT2D eigenvalue weighted by molar-refractivity contribution is -0.138. The lowest BCUT2D eigenvalue weighted by Gasteiger charge is -2.22. The smallest absolute Gasteiger partial charge is 0.417 e. The van der Waals surface area contributed by atoms with E-state index in [1.807, 2.05) is 0 Å². The normalized spacial score (nSPS) is 12.0. The van der Waals surface area contributed by atoms with E-state index in [1.165, 1.54) is 6.07 Å². The van der Waals surface area contributed by atoms with Gasteiger partial charge in [0.15, 0.2) is 5.69 Å². The lowest BCUT2D eigenvalue weighted by Crippen LogP contribution is -2.27. The topological polar surface area (TPSA) is 82.3 Å². The monoisotopic (exact) mass is 595 g/mol. The van der Waals surface area contributed by atoms with E-state index in [-0.39, 0.29) is 28.1 Å². The lowest BCUT2D eigenvalue weighted by atomic mass is 10.1. The molecule has 0 saturated carbocycles. The molecule has 0 bridgehead atoms. The number of carboxylic acid groups (broad SMARTS) is 1. The number of aromatic carboxylic acids is 1. The average Bonchev–Trinajstić information content (AvgIpc) is 2.97. The van der Waals surface area contributed by atoms with Crippen LogP contribution in [0.5, 0.6) is 0 Å². The summed E-state index contributed by atoms with van der Waals surface area (Å²) < 4.78 is 79.4. The Morgan fingerprint density at radius 1 is 1.00 bits per heavy atom. The number of hydrogen-bond donors (Lipinski definition) is 3. The molecule has 2 aromatic carbocycles. The SMILES string of the molecule is Cl.NN(c1ccc(C(F)(F)F)c(Br)c1)c1c(C(=O)O)[nH]c2cc(Br)cc(C(F)(F)F)c12. The van der Waals surface area contributed by atoms with Gasteiger partial charge in [-0.05, 0) is 30.3 Å². The highest BCUT2D eigenvalue weighted by Crippen LogP contribution is 2.44. The number of nitrogens with two attached hydrogens (primary N) is 1. The van der Waals surface area contributed by atoms with Crippen LogP contribution in [0, 0.1) is 0 Å². The van der Waals surface area contributed by atoms with E-state index < -0.39 is 50.7 Å². The Morgan fingerprint density at radius 3 is 2.06 bits per heavy atom. The quantitative estimate of drug-likeness (QED) is 0.175. The second-order valence-corrected chi connectivity index (χ2v) is 7.83. The van der Waals surface area contributed by atoms with E-state index >= 15 is 0 Å². The van der Waals surface area contributed by atoms with Crippen LogP contribution in [0.1, 0.15) is 21.6 Å². The van der Waals surface area contributed by atoms with Gasteiger partial charge in [0.25, 0.3) is 0 Å². The summed E-state index contributed by atoms with van der Waals surface area (Å²) in [5.74, 6) is 4.31. The summed E-state index contributed by atoms with van der Waals surface area (Å²) in [4.78, 5) is 14.0. The molecule has 0 amide bonds. The molecule has 3 rings (SSSR count). The molecule has 0 aliphatic rings. The fourth-order valence-electron chi connectivity index (χ4n) is 2.91. The molecular formula is C17H10Br2ClF6N3O2. The summed E-state index contributed by atoms with van der Waals surface area (Å²) >= 11 is 5.69. The maximum atomic E-state index is 13.6. The summed E-state index contributed by atoms with van der Waals surface area (Å²) in [6.07, 6.45) is -9.55. The van der Waals surface area contributed by atoms with Gasteiger partial charge < -0.3 is 10.1 Å². The highest BCUT2D eigenvalue weighted by molar-refractivity contribution is 9.10. The van der Waals surface area contributed by atoms with Crippen molar-refractivity contribution < 1.29 is 36.2 Å². The maximum Gasteiger partial charge on any atom is 0.417 e. The van der Waals surface area contributed by atoms with Crippen LogP contribution in [0.2, 0.25) is 0 Å².